The molecule has 0 radical (unpaired) electrons. The molecule has 9 nitrogen and oxygen atoms in total. The van der Waals surface area contributed by atoms with Gasteiger partial charge in [0.2, 0.25) is 11.8 Å². The Balaban J connectivity index is 1.61. The van der Waals surface area contributed by atoms with Gasteiger partial charge in [0.05, 0.1) is 5.56 Å². The number of aromatic nitrogens is 2. The maximum atomic E-state index is 13.3. The molecule has 0 bridgehead atoms. The van der Waals surface area contributed by atoms with Gasteiger partial charge in [-0.25, -0.2) is 0 Å². The monoisotopic (exact) mass is 529 g/mol. The van der Waals surface area contributed by atoms with E-state index < -0.39 is 35.4 Å². The highest BCUT2D eigenvalue weighted by atomic mass is 19.4. The summed E-state index contributed by atoms with van der Waals surface area (Å²) in [5.41, 5.74) is 0.265. The van der Waals surface area contributed by atoms with Gasteiger partial charge in [-0.2, -0.15) is 4.98 Å². The fourth-order valence-electron chi connectivity index (χ4n) is 4.01. The zero-order valence-corrected chi connectivity index (χ0v) is 19.6. The first-order chi connectivity index (χ1) is 18.0. The molecule has 1 amide bonds. The van der Waals surface area contributed by atoms with Crippen LogP contribution in [0.2, 0.25) is 0 Å². The molecule has 0 aliphatic rings. The molecule has 0 aliphatic carbocycles. The number of fused-ring (bicyclic) bond motifs is 1. The Labute approximate surface area is 213 Å². The number of phenols is 2. The van der Waals surface area contributed by atoms with Crippen LogP contribution in [0.15, 0.2) is 71.7 Å². The number of amides is 1. The minimum atomic E-state index is -4.89. The predicted molar refractivity (Wildman–Crippen MR) is 129 cm³/mol. The molecule has 4 aromatic rings. The number of hydrogen-bond acceptors (Lipinski definition) is 7. The van der Waals surface area contributed by atoms with Crippen LogP contribution in [-0.2, 0) is 11.2 Å². The first-order valence-corrected chi connectivity index (χ1v) is 11.4. The number of nitrogens with zero attached hydrogens (tertiary/aromatic N) is 2. The topological polar surface area (TPSA) is 133 Å². The number of carbonyl (C=O) groups excluding carboxylic acids is 1. The van der Waals surface area contributed by atoms with Gasteiger partial charge >= 0.3 is 6.36 Å². The van der Waals surface area contributed by atoms with Crippen molar-refractivity contribution in [1.29, 1.82) is 0 Å². The van der Waals surface area contributed by atoms with Gasteiger partial charge < -0.3 is 25.4 Å². The number of benzene rings is 2. The third kappa shape index (κ3) is 6.14. The molecule has 2 aromatic heterocycles. The first kappa shape index (κ1) is 26.3. The van der Waals surface area contributed by atoms with Crippen LogP contribution in [0, 0.1) is 0 Å². The molecular formula is C26H22F3N3O6. The van der Waals surface area contributed by atoms with Crippen LogP contribution in [0.1, 0.15) is 29.0 Å². The quantitative estimate of drug-likeness (QED) is 0.256. The average Bonchev–Trinajstić information content (AvgIpc) is 2.85. The highest BCUT2D eigenvalue weighted by Gasteiger charge is 2.31. The first-order valence-electron chi connectivity index (χ1n) is 11.4. The summed E-state index contributed by atoms with van der Waals surface area (Å²) in [5, 5.41) is 32.4. The number of pyridine rings is 1. The van der Waals surface area contributed by atoms with Crippen LogP contribution in [0.5, 0.6) is 23.1 Å². The Morgan fingerprint density at radius 2 is 1.76 bits per heavy atom. The Morgan fingerprint density at radius 1 is 1.03 bits per heavy atom. The van der Waals surface area contributed by atoms with Gasteiger partial charge in [0.1, 0.15) is 11.4 Å². The molecule has 0 fully saturated rings. The van der Waals surface area contributed by atoms with Crippen molar-refractivity contribution in [2.75, 3.05) is 6.54 Å². The fraction of sp³-hybridized carbons (Fsp3) is 0.192. The van der Waals surface area contributed by atoms with Crippen molar-refractivity contribution in [1.82, 2.24) is 14.7 Å². The van der Waals surface area contributed by atoms with E-state index in [9.17, 15) is 38.1 Å². The van der Waals surface area contributed by atoms with E-state index in [0.29, 0.717) is 12.0 Å². The molecule has 198 valence electrons. The minimum absolute atomic E-state index is 0.148. The lowest BCUT2D eigenvalue weighted by Gasteiger charge is -2.19. The van der Waals surface area contributed by atoms with Gasteiger partial charge in [-0.1, -0.05) is 24.3 Å². The third-order valence-corrected chi connectivity index (χ3v) is 5.78. The van der Waals surface area contributed by atoms with Crippen molar-refractivity contribution in [3.63, 3.8) is 0 Å². The Kier molecular flexibility index (Phi) is 7.42. The Hall–Kier alpha value is -4.74. The lowest BCUT2D eigenvalue weighted by molar-refractivity contribution is -0.274. The smallest absolute Gasteiger partial charge is 0.504 e. The van der Waals surface area contributed by atoms with Crippen LogP contribution in [-0.4, -0.2) is 43.5 Å². The lowest BCUT2D eigenvalue weighted by atomic mass is 9.89. The van der Waals surface area contributed by atoms with E-state index in [1.807, 2.05) is 0 Å². The second kappa shape index (κ2) is 10.7. The number of phenolic OH excluding ortho intramolecular Hbond substituents is 2. The Morgan fingerprint density at radius 3 is 2.45 bits per heavy atom. The standard InChI is InChI=1S/C26H22F3N3O6/c27-26(28,29)38-17-7-5-16(6-8-17)18(23-24(36)31-21-3-1-2-12-32(21)25(23)37)14-22(35)30-11-10-15-4-9-19(33)20(34)13-15/h1-9,12-13,18,33-34,36H,10-11,14H2,(H,30,35)/t18-/m0/s1. The summed E-state index contributed by atoms with van der Waals surface area (Å²) in [7, 11) is 0. The molecule has 0 unspecified atom stereocenters. The van der Waals surface area contributed by atoms with Crippen LogP contribution >= 0.6 is 0 Å². The summed E-state index contributed by atoms with van der Waals surface area (Å²) in [6, 6.07) is 13.6. The van der Waals surface area contributed by atoms with Crippen LogP contribution < -0.4 is 15.6 Å². The summed E-state index contributed by atoms with van der Waals surface area (Å²) in [6.07, 6.45) is -3.46. The molecular weight excluding hydrogens is 507 g/mol. The van der Waals surface area contributed by atoms with Crippen molar-refractivity contribution in [2.24, 2.45) is 0 Å². The summed E-state index contributed by atoms with van der Waals surface area (Å²) >= 11 is 0. The van der Waals surface area contributed by atoms with E-state index in [2.05, 4.69) is 15.0 Å². The van der Waals surface area contributed by atoms with Gasteiger partial charge in [0.15, 0.2) is 11.5 Å². The average molecular weight is 529 g/mol. The zero-order chi connectivity index (χ0) is 27.4. The van der Waals surface area contributed by atoms with E-state index in [-0.39, 0.29) is 41.2 Å². The van der Waals surface area contributed by atoms with Crippen molar-refractivity contribution in [2.45, 2.75) is 25.1 Å². The van der Waals surface area contributed by atoms with Gasteiger partial charge in [-0.3, -0.25) is 14.0 Å². The summed E-state index contributed by atoms with van der Waals surface area (Å²) < 4.78 is 42.9. The molecule has 0 saturated carbocycles. The predicted octanol–water partition coefficient (Wildman–Crippen LogP) is 3.59. The van der Waals surface area contributed by atoms with Crippen molar-refractivity contribution in [3.05, 3.63) is 93.9 Å². The molecule has 2 heterocycles. The van der Waals surface area contributed by atoms with Crippen molar-refractivity contribution >= 4 is 11.6 Å². The molecule has 1 atom stereocenters. The molecule has 4 rings (SSSR count). The largest absolute Gasteiger partial charge is 0.573 e. The summed E-state index contributed by atoms with van der Waals surface area (Å²) in [5.74, 6) is -3.22. The van der Waals surface area contributed by atoms with Gasteiger partial charge in [-0.05, 0) is 53.9 Å². The van der Waals surface area contributed by atoms with Crippen LogP contribution in [0.3, 0.4) is 0 Å². The van der Waals surface area contributed by atoms with E-state index in [0.717, 1.165) is 12.1 Å². The minimum Gasteiger partial charge on any atom is -0.504 e. The molecule has 2 aromatic carbocycles. The maximum Gasteiger partial charge on any atom is 0.573 e. The number of hydrogen-bond donors (Lipinski definition) is 4. The molecule has 38 heavy (non-hydrogen) atoms. The van der Waals surface area contributed by atoms with Gasteiger partial charge in [0.25, 0.3) is 5.56 Å². The van der Waals surface area contributed by atoms with Crippen molar-refractivity contribution in [3.8, 4) is 23.1 Å². The number of nitrogens with one attached hydrogen (secondary N) is 1. The number of alkyl halides is 3. The molecule has 4 N–H and O–H groups in total. The highest BCUT2D eigenvalue weighted by molar-refractivity contribution is 5.77. The molecule has 0 aliphatic heterocycles. The second-order valence-corrected chi connectivity index (χ2v) is 8.38. The molecule has 0 saturated heterocycles. The Bertz CT molecular complexity index is 1520. The number of carbonyl (C=O) groups is 1. The summed E-state index contributed by atoms with van der Waals surface area (Å²) in [6.45, 7) is 0.148. The molecule has 0 spiro atoms. The second-order valence-electron chi connectivity index (χ2n) is 8.38. The SMILES string of the molecule is O=C(C[C@@H](c1ccc(OC(F)(F)F)cc1)c1c(O)nc2ccccn2c1=O)NCCc1ccc(O)c(O)c1. The zero-order valence-electron chi connectivity index (χ0n) is 19.6. The number of ether oxygens (including phenoxy) is 1. The molecule has 12 heteroatoms. The normalized spacial score (nSPS) is 12.3. The number of halogens is 3. The third-order valence-electron chi connectivity index (χ3n) is 5.78. The van der Waals surface area contributed by atoms with E-state index in [4.69, 9.17) is 0 Å². The lowest BCUT2D eigenvalue weighted by Crippen LogP contribution is -2.30. The fourth-order valence-corrected chi connectivity index (χ4v) is 4.01. The number of rotatable bonds is 8. The van der Waals surface area contributed by atoms with Crippen molar-refractivity contribution < 1.29 is 38.0 Å². The summed E-state index contributed by atoms with van der Waals surface area (Å²) in [4.78, 5) is 30.2. The highest BCUT2D eigenvalue weighted by Crippen LogP contribution is 2.33. The van der Waals surface area contributed by atoms with Crippen LogP contribution in [0.4, 0.5) is 13.2 Å². The van der Waals surface area contributed by atoms with E-state index in [1.165, 1.54) is 40.9 Å². The van der Waals surface area contributed by atoms with E-state index in [1.54, 1.807) is 18.2 Å². The number of aromatic hydroxyl groups is 3. The van der Waals surface area contributed by atoms with Crippen LogP contribution in [0.25, 0.3) is 5.65 Å². The van der Waals surface area contributed by atoms with E-state index >= 15 is 0 Å². The van der Waals surface area contributed by atoms with Gasteiger partial charge in [-0.15, -0.1) is 13.2 Å². The maximum absolute atomic E-state index is 13.3. The van der Waals surface area contributed by atoms with Gasteiger partial charge in [0, 0.05) is 25.1 Å².